The van der Waals surface area contributed by atoms with E-state index < -0.39 is 0 Å². The van der Waals surface area contributed by atoms with E-state index in [1.165, 1.54) is 0 Å². The third-order valence-corrected chi connectivity index (χ3v) is 4.98. The molecule has 0 saturated carbocycles. The average molecular weight is 336 g/mol. The highest BCUT2D eigenvalue weighted by Gasteiger charge is 2.30. The Balaban J connectivity index is 1.61. The first-order valence-corrected chi connectivity index (χ1v) is 8.75. The van der Waals surface area contributed by atoms with Gasteiger partial charge in [-0.15, -0.1) is 0 Å². The summed E-state index contributed by atoms with van der Waals surface area (Å²) in [7, 11) is 1.82. The molecule has 0 atom stereocenters. The summed E-state index contributed by atoms with van der Waals surface area (Å²) in [5, 5.41) is 0. The summed E-state index contributed by atoms with van der Waals surface area (Å²) in [4.78, 5) is 29.0. The van der Waals surface area contributed by atoms with Gasteiger partial charge in [0.1, 0.15) is 0 Å². The smallest absolute Gasteiger partial charge is 0.254 e. The van der Waals surface area contributed by atoms with Gasteiger partial charge in [0.05, 0.1) is 0 Å². The predicted octanol–water partition coefficient (Wildman–Crippen LogP) is 3.51. The molecule has 2 amide bonds. The van der Waals surface area contributed by atoms with Crippen molar-refractivity contribution < 1.29 is 9.59 Å². The van der Waals surface area contributed by atoms with Crippen LogP contribution in [0.3, 0.4) is 0 Å². The minimum Gasteiger partial charge on any atom is -0.339 e. The minimum atomic E-state index is -0.0221. The number of nitrogens with zero attached hydrogens (tertiary/aromatic N) is 2. The molecule has 1 saturated heterocycles. The molecule has 0 spiro atoms. The van der Waals surface area contributed by atoms with Crippen LogP contribution in [0.15, 0.2) is 54.6 Å². The Bertz CT molecular complexity index is 750. The van der Waals surface area contributed by atoms with Gasteiger partial charge < -0.3 is 9.80 Å². The summed E-state index contributed by atoms with van der Waals surface area (Å²) in [6, 6.07) is 17.4. The molecule has 0 unspecified atom stereocenters. The van der Waals surface area contributed by atoms with Crippen LogP contribution >= 0.6 is 0 Å². The Kier molecular flexibility index (Phi) is 5.17. The highest BCUT2D eigenvalue weighted by Crippen LogP contribution is 2.24. The van der Waals surface area contributed by atoms with Gasteiger partial charge in [-0.3, -0.25) is 9.59 Å². The van der Waals surface area contributed by atoms with Gasteiger partial charge in [-0.2, -0.15) is 0 Å². The van der Waals surface area contributed by atoms with Crippen molar-refractivity contribution in [1.82, 2.24) is 4.90 Å². The van der Waals surface area contributed by atoms with Gasteiger partial charge in [0.25, 0.3) is 5.91 Å². The molecule has 0 aromatic heterocycles. The van der Waals surface area contributed by atoms with E-state index in [2.05, 4.69) is 0 Å². The quantitative estimate of drug-likeness (QED) is 0.860. The van der Waals surface area contributed by atoms with Gasteiger partial charge >= 0.3 is 0 Å². The van der Waals surface area contributed by atoms with E-state index in [0.29, 0.717) is 25.9 Å². The topological polar surface area (TPSA) is 40.6 Å². The van der Waals surface area contributed by atoms with E-state index in [1.54, 1.807) is 4.90 Å². The molecule has 25 heavy (non-hydrogen) atoms. The number of piperidine rings is 1. The molecule has 4 heteroatoms. The fraction of sp³-hybridized carbons (Fsp3) is 0.333. The first-order valence-electron chi connectivity index (χ1n) is 8.75. The SMILES string of the molecule is Cc1ccccc1C(=O)N1CCC(C(=O)N(C)c2ccccc2)CC1. The molecule has 130 valence electrons. The lowest BCUT2D eigenvalue weighted by Gasteiger charge is -2.33. The number of carbonyl (C=O) groups is 2. The molecular weight excluding hydrogens is 312 g/mol. The molecule has 0 aliphatic carbocycles. The molecular formula is C21H24N2O2. The molecule has 1 aliphatic heterocycles. The monoisotopic (exact) mass is 336 g/mol. The van der Waals surface area contributed by atoms with E-state index in [9.17, 15) is 9.59 Å². The molecule has 1 heterocycles. The third-order valence-electron chi connectivity index (χ3n) is 4.98. The Labute approximate surface area is 149 Å². The maximum Gasteiger partial charge on any atom is 0.254 e. The van der Waals surface area contributed by atoms with Gasteiger partial charge in [0.2, 0.25) is 5.91 Å². The van der Waals surface area contributed by atoms with Crippen molar-refractivity contribution in [2.45, 2.75) is 19.8 Å². The second kappa shape index (κ2) is 7.51. The highest BCUT2D eigenvalue weighted by molar-refractivity contribution is 5.97. The van der Waals surface area contributed by atoms with Crippen molar-refractivity contribution in [1.29, 1.82) is 0 Å². The molecule has 0 radical (unpaired) electrons. The van der Waals surface area contributed by atoms with Crippen molar-refractivity contribution in [2.24, 2.45) is 5.92 Å². The van der Waals surface area contributed by atoms with Crippen LogP contribution in [0, 0.1) is 12.8 Å². The fourth-order valence-corrected chi connectivity index (χ4v) is 3.37. The molecule has 2 aromatic rings. The maximum atomic E-state index is 12.7. The number of hydrogen-bond acceptors (Lipinski definition) is 2. The number of likely N-dealkylation sites (tertiary alicyclic amines) is 1. The molecule has 4 nitrogen and oxygen atoms in total. The van der Waals surface area contributed by atoms with Crippen molar-refractivity contribution in [2.75, 3.05) is 25.0 Å². The number of rotatable bonds is 3. The van der Waals surface area contributed by atoms with Gasteiger partial charge in [-0.25, -0.2) is 0 Å². The van der Waals surface area contributed by atoms with E-state index in [0.717, 1.165) is 16.8 Å². The second-order valence-electron chi connectivity index (χ2n) is 6.61. The Hall–Kier alpha value is -2.62. The first kappa shape index (κ1) is 17.2. The van der Waals surface area contributed by atoms with Gasteiger partial charge in [0, 0.05) is 37.3 Å². The number of amides is 2. The Morgan fingerprint density at radius 1 is 0.960 bits per heavy atom. The van der Waals surface area contributed by atoms with E-state index in [4.69, 9.17) is 0 Å². The fourth-order valence-electron chi connectivity index (χ4n) is 3.37. The lowest BCUT2D eigenvalue weighted by atomic mass is 9.94. The lowest BCUT2D eigenvalue weighted by Crippen LogP contribution is -2.43. The normalized spacial score (nSPS) is 15.0. The number of anilines is 1. The van der Waals surface area contributed by atoms with E-state index in [-0.39, 0.29) is 17.7 Å². The van der Waals surface area contributed by atoms with Crippen LogP contribution in [0.25, 0.3) is 0 Å². The van der Waals surface area contributed by atoms with Crippen LogP contribution in [0.4, 0.5) is 5.69 Å². The number of hydrogen-bond donors (Lipinski definition) is 0. The molecule has 1 aliphatic rings. The standard InChI is InChI=1S/C21H24N2O2/c1-16-8-6-7-11-19(16)21(25)23-14-12-17(13-15-23)20(24)22(2)18-9-4-3-5-10-18/h3-11,17H,12-15H2,1-2H3. The highest BCUT2D eigenvalue weighted by atomic mass is 16.2. The van der Waals surface area contributed by atoms with Crippen LogP contribution in [0.5, 0.6) is 0 Å². The minimum absolute atomic E-state index is 0.0221. The number of carbonyl (C=O) groups excluding carboxylic acids is 2. The Morgan fingerprint density at radius 2 is 1.56 bits per heavy atom. The lowest BCUT2D eigenvalue weighted by molar-refractivity contribution is -0.123. The first-order chi connectivity index (χ1) is 12.1. The third kappa shape index (κ3) is 3.73. The van der Waals surface area contributed by atoms with Crippen molar-refractivity contribution in [3.63, 3.8) is 0 Å². The van der Waals surface area contributed by atoms with Crippen molar-refractivity contribution in [3.05, 3.63) is 65.7 Å². The van der Waals surface area contributed by atoms with Gasteiger partial charge in [-0.1, -0.05) is 36.4 Å². The zero-order valence-electron chi connectivity index (χ0n) is 14.8. The van der Waals surface area contributed by atoms with Crippen LogP contribution in [-0.4, -0.2) is 36.9 Å². The van der Waals surface area contributed by atoms with Crippen LogP contribution in [-0.2, 0) is 4.79 Å². The van der Waals surface area contributed by atoms with Crippen LogP contribution < -0.4 is 4.90 Å². The maximum absolute atomic E-state index is 12.7. The largest absolute Gasteiger partial charge is 0.339 e. The summed E-state index contributed by atoms with van der Waals surface area (Å²) in [5.41, 5.74) is 2.66. The van der Waals surface area contributed by atoms with Crippen molar-refractivity contribution in [3.8, 4) is 0 Å². The molecule has 0 bridgehead atoms. The van der Waals surface area contributed by atoms with Gasteiger partial charge in [0.15, 0.2) is 0 Å². The number of aryl methyl sites for hydroxylation is 1. The average Bonchev–Trinajstić information content (AvgIpc) is 2.67. The number of para-hydroxylation sites is 1. The van der Waals surface area contributed by atoms with Crippen molar-refractivity contribution >= 4 is 17.5 Å². The zero-order chi connectivity index (χ0) is 17.8. The van der Waals surface area contributed by atoms with E-state index >= 15 is 0 Å². The summed E-state index contributed by atoms with van der Waals surface area (Å²) in [6.07, 6.45) is 1.43. The predicted molar refractivity (Wildman–Crippen MR) is 99.7 cm³/mol. The summed E-state index contributed by atoms with van der Waals surface area (Å²) < 4.78 is 0. The molecule has 0 N–H and O–H groups in total. The summed E-state index contributed by atoms with van der Waals surface area (Å²) in [5.74, 6) is 0.181. The molecule has 2 aromatic carbocycles. The summed E-state index contributed by atoms with van der Waals surface area (Å²) in [6.45, 7) is 3.22. The van der Waals surface area contributed by atoms with Crippen LogP contribution in [0.1, 0.15) is 28.8 Å². The van der Waals surface area contributed by atoms with E-state index in [1.807, 2.05) is 73.5 Å². The Morgan fingerprint density at radius 3 is 2.20 bits per heavy atom. The summed E-state index contributed by atoms with van der Waals surface area (Å²) >= 11 is 0. The second-order valence-corrected chi connectivity index (χ2v) is 6.61. The number of benzene rings is 2. The zero-order valence-corrected chi connectivity index (χ0v) is 14.8. The molecule has 3 rings (SSSR count). The van der Waals surface area contributed by atoms with Crippen LogP contribution in [0.2, 0.25) is 0 Å². The molecule has 1 fully saturated rings. The van der Waals surface area contributed by atoms with Gasteiger partial charge in [-0.05, 0) is 43.5 Å².